The lowest BCUT2D eigenvalue weighted by atomic mass is 10.1. The number of thioether (sulfide) groups is 1. The van der Waals surface area contributed by atoms with Crippen LogP contribution >= 0.6 is 27.7 Å². The number of hydrogen-bond donors (Lipinski definition) is 1. The summed E-state index contributed by atoms with van der Waals surface area (Å²) in [4.78, 5) is 2.55. The summed E-state index contributed by atoms with van der Waals surface area (Å²) in [6.45, 7) is 11.2. The van der Waals surface area contributed by atoms with Gasteiger partial charge in [0.15, 0.2) is 0 Å². The van der Waals surface area contributed by atoms with Gasteiger partial charge in [-0.25, -0.2) is 0 Å². The van der Waals surface area contributed by atoms with Gasteiger partial charge in [0.05, 0.1) is 0 Å². The zero-order valence-electron chi connectivity index (χ0n) is 12.7. The molecule has 0 saturated carbocycles. The summed E-state index contributed by atoms with van der Waals surface area (Å²) in [5, 5.41) is 3.53. The van der Waals surface area contributed by atoms with E-state index in [9.17, 15) is 0 Å². The van der Waals surface area contributed by atoms with Crippen LogP contribution < -0.4 is 10.2 Å². The second kappa shape index (κ2) is 7.19. The van der Waals surface area contributed by atoms with E-state index in [1.54, 1.807) is 0 Å². The number of anilines is 1. The van der Waals surface area contributed by atoms with E-state index in [-0.39, 0.29) is 0 Å². The van der Waals surface area contributed by atoms with Crippen LogP contribution in [0.4, 0.5) is 5.69 Å². The van der Waals surface area contributed by atoms with E-state index in [0.29, 0.717) is 4.75 Å². The molecule has 1 aliphatic heterocycles. The minimum absolute atomic E-state index is 0.347. The van der Waals surface area contributed by atoms with Crippen molar-refractivity contribution >= 4 is 33.4 Å². The van der Waals surface area contributed by atoms with Crippen LogP contribution in [-0.4, -0.2) is 30.1 Å². The number of benzene rings is 1. The Morgan fingerprint density at radius 2 is 2.20 bits per heavy atom. The van der Waals surface area contributed by atoms with E-state index >= 15 is 0 Å². The van der Waals surface area contributed by atoms with Gasteiger partial charge >= 0.3 is 0 Å². The molecule has 0 aliphatic carbocycles. The molecular weight excluding hydrogens is 332 g/mol. The van der Waals surface area contributed by atoms with Crippen molar-refractivity contribution in [3.63, 3.8) is 0 Å². The molecular formula is C16H25BrN2S. The first kappa shape index (κ1) is 16.2. The summed E-state index contributed by atoms with van der Waals surface area (Å²) in [6.07, 6.45) is 1.18. The van der Waals surface area contributed by atoms with Gasteiger partial charge in [-0.05, 0) is 50.6 Å². The largest absolute Gasteiger partial charge is 0.369 e. The Labute approximate surface area is 135 Å². The molecule has 1 fully saturated rings. The van der Waals surface area contributed by atoms with Crippen LogP contribution in [0.25, 0.3) is 0 Å². The quantitative estimate of drug-likeness (QED) is 0.792. The smallest absolute Gasteiger partial charge is 0.0413 e. The summed E-state index contributed by atoms with van der Waals surface area (Å²) in [5.41, 5.74) is 2.79. The third-order valence-electron chi connectivity index (χ3n) is 3.55. The highest BCUT2D eigenvalue weighted by molar-refractivity contribution is 9.10. The number of nitrogens with one attached hydrogen (secondary N) is 1. The van der Waals surface area contributed by atoms with E-state index in [1.165, 1.54) is 27.9 Å². The predicted molar refractivity (Wildman–Crippen MR) is 94.9 cm³/mol. The Kier molecular flexibility index (Phi) is 5.82. The SMILES string of the molecule is CCCNCc1cc(Br)ccc1N1CCSC(C)(C)C1. The van der Waals surface area contributed by atoms with Crippen LogP contribution in [0.3, 0.4) is 0 Å². The third-order valence-corrected chi connectivity index (χ3v) is 5.34. The monoisotopic (exact) mass is 356 g/mol. The average molecular weight is 357 g/mol. The fourth-order valence-corrected chi connectivity index (χ4v) is 4.15. The van der Waals surface area contributed by atoms with Gasteiger partial charge in [-0.15, -0.1) is 0 Å². The van der Waals surface area contributed by atoms with Gasteiger partial charge in [-0.1, -0.05) is 22.9 Å². The van der Waals surface area contributed by atoms with Crippen LogP contribution in [0.15, 0.2) is 22.7 Å². The first-order valence-electron chi connectivity index (χ1n) is 7.40. The van der Waals surface area contributed by atoms with Gasteiger partial charge < -0.3 is 10.2 Å². The molecule has 0 amide bonds. The number of nitrogens with zero attached hydrogens (tertiary/aromatic N) is 1. The normalized spacial score (nSPS) is 18.3. The van der Waals surface area contributed by atoms with Crippen molar-refractivity contribution in [3.05, 3.63) is 28.2 Å². The summed E-state index contributed by atoms with van der Waals surface area (Å²) >= 11 is 5.68. The van der Waals surface area contributed by atoms with E-state index in [2.05, 4.69) is 76.9 Å². The van der Waals surface area contributed by atoms with Crippen molar-refractivity contribution in [3.8, 4) is 0 Å². The van der Waals surface area contributed by atoms with Crippen LogP contribution in [0.5, 0.6) is 0 Å². The van der Waals surface area contributed by atoms with Crippen LogP contribution in [0, 0.1) is 0 Å². The molecule has 0 spiro atoms. The Balaban J connectivity index is 2.17. The van der Waals surface area contributed by atoms with Crippen molar-refractivity contribution < 1.29 is 0 Å². The number of halogens is 1. The molecule has 0 bridgehead atoms. The second-order valence-electron chi connectivity index (χ2n) is 5.98. The summed E-state index contributed by atoms with van der Waals surface area (Å²) < 4.78 is 1.51. The Morgan fingerprint density at radius 3 is 2.90 bits per heavy atom. The molecule has 0 radical (unpaired) electrons. The van der Waals surface area contributed by atoms with E-state index < -0.39 is 0 Å². The van der Waals surface area contributed by atoms with Crippen LogP contribution in [0.2, 0.25) is 0 Å². The maximum Gasteiger partial charge on any atom is 0.0413 e. The molecule has 4 heteroatoms. The van der Waals surface area contributed by atoms with Gasteiger partial charge in [0, 0.05) is 40.3 Å². The van der Waals surface area contributed by atoms with Crippen molar-refractivity contribution in [1.82, 2.24) is 5.32 Å². The highest BCUT2D eigenvalue weighted by Crippen LogP contribution is 2.34. The zero-order valence-corrected chi connectivity index (χ0v) is 15.1. The lowest BCUT2D eigenvalue weighted by Gasteiger charge is -2.39. The topological polar surface area (TPSA) is 15.3 Å². The lowest BCUT2D eigenvalue weighted by molar-refractivity contribution is 0.637. The molecule has 1 saturated heterocycles. The Bertz CT molecular complexity index is 448. The van der Waals surface area contributed by atoms with Crippen molar-refractivity contribution in [1.29, 1.82) is 0 Å². The molecule has 0 aromatic heterocycles. The number of hydrogen-bond acceptors (Lipinski definition) is 3. The van der Waals surface area contributed by atoms with Gasteiger partial charge in [-0.3, -0.25) is 0 Å². The highest BCUT2D eigenvalue weighted by Gasteiger charge is 2.28. The minimum Gasteiger partial charge on any atom is -0.369 e. The lowest BCUT2D eigenvalue weighted by Crippen LogP contribution is -2.43. The van der Waals surface area contributed by atoms with Gasteiger partial charge in [0.2, 0.25) is 0 Å². The van der Waals surface area contributed by atoms with Gasteiger partial charge in [0.1, 0.15) is 0 Å². The van der Waals surface area contributed by atoms with Crippen LogP contribution in [-0.2, 0) is 6.54 Å². The molecule has 2 nitrogen and oxygen atoms in total. The molecule has 112 valence electrons. The molecule has 1 aromatic carbocycles. The molecule has 1 aromatic rings. The standard InChI is InChI=1S/C16H25BrN2S/c1-4-7-18-11-13-10-14(17)5-6-15(13)19-8-9-20-16(2,3)12-19/h5-6,10,18H,4,7-9,11-12H2,1-3H3. The third kappa shape index (κ3) is 4.40. The highest BCUT2D eigenvalue weighted by atomic mass is 79.9. The molecule has 1 aliphatic rings. The fraction of sp³-hybridized carbons (Fsp3) is 0.625. The van der Waals surface area contributed by atoms with Gasteiger partial charge in [0.25, 0.3) is 0 Å². The average Bonchev–Trinajstić information content (AvgIpc) is 2.38. The van der Waals surface area contributed by atoms with E-state index in [4.69, 9.17) is 0 Å². The van der Waals surface area contributed by atoms with Crippen molar-refractivity contribution in [2.75, 3.05) is 30.3 Å². The van der Waals surface area contributed by atoms with Crippen molar-refractivity contribution in [2.24, 2.45) is 0 Å². The van der Waals surface area contributed by atoms with Gasteiger partial charge in [-0.2, -0.15) is 11.8 Å². The van der Waals surface area contributed by atoms with E-state index in [0.717, 1.165) is 26.2 Å². The molecule has 20 heavy (non-hydrogen) atoms. The maximum absolute atomic E-state index is 3.60. The first-order chi connectivity index (χ1) is 9.52. The molecule has 0 atom stereocenters. The van der Waals surface area contributed by atoms with Crippen LogP contribution in [0.1, 0.15) is 32.8 Å². The Hall–Kier alpha value is -0.190. The van der Waals surface area contributed by atoms with Crippen molar-refractivity contribution in [2.45, 2.75) is 38.5 Å². The fourth-order valence-electron chi connectivity index (χ4n) is 2.63. The summed E-state index contributed by atoms with van der Waals surface area (Å²) in [7, 11) is 0. The molecule has 2 rings (SSSR count). The zero-order chi connectivity index (χ0) is 14.6. The molecule has 1 heterocycles. The number of rotatable bonds is 5. The minimum atomic E-state index is 0.347. The summed E-state index contributed by atoms with van der Waals surface area (Å²) in [5.74, 6) is 1.21. The molecule has 1 N–H and O–H groups in total. The predicted octanol–water partition coefficient (Wildman–Crippen LogP) is 4.28. The first-order valence-corrected chi connectivity index (χ1v) is 9.18. The van der Waals surface area contributed by atoms with E-state index in [1.807, 2.05) is 0 Å². The molecule has 0 unspecified atom stereocenters. The maximum atomic E-state index is 3.60. The summed E-state index contributed by atoms with van der Waals surface area (Å²) in [6, 6.07) is 6.68. The second-order valence-corrected chi connectivity index (χ2v) is 8.70. The Morgan fingerprint density at radius 1 is 1.40 bits per heavy atom.